The number of rotatable bonds is 3. The second-order valence-corrected chi connectivity index (χ2v) is 6.41. The van der Waals surface area contributed by atoms with Crippen LogP contribution in [0.2, 0.25) is 0 Å². The Balaban J connectivity index is 1.82. The van der Waals surface area contributed by atoms with Crippen LogP contribution in [0, 0.1) is 12.7 Å². The summed E-state index contributed by atoms with van der Waals surface area (Å²) in [6, 6.07) is 12.1. The van der Waals surface area contributed by atoms with Crippen LogP contribution in [0.4, 0.5) is 10.1 Å². The van der Waals surface area contributed by atoms with E-state index >= 15 is 0 Å². The van der Waals surface area contributed by atoms with Gasteiger partial charge in [-0.1, -0.05) is 30.3 Å². The van der Waals surface area contributed by atoms with Crippen molar-refractivity contribution in [1.29, 1.82) is 0 Å². The predicted molar refractivity (Wildman–Crippen MR) is 94.7 cm³/mol. The SMILES string of the molecule is CC(=O)N1CCc2ccccc2C1CC(=O)Nc1cc(C)ccc1F. The molecule has 1 heterocycles. The number of hydrogen-bond acceptors (Lipinski definition) is 2. The average Bonchev–Trinajstić information content (AvgIpc) is 2.58. The topological polar surface area (TPSA) is 49.4 Å². The Hall–Kier alpha value is -2.69. The largest absolute Gasteiger partial charge is 0.335 e. The lowest BCUT2D eigenvalue weighted by molar-refractivity contribution is -0.132. The van der Waals surface area contributed by atoms with Gasteiger partial charge in [-0.05, 0) is 42.2 Å². The van der Waals surface area contributed by atoms with Gasteiger partial charge < -0.3 is 10.2 Å². The van der Waals surface area contributed by atoms with Crippen molar-refractivity contribution in [2.75, 3.05) is 11.9 Å². The first-order valence-corrected chi connectivity index (χ1v) is 8.36. The molecule has 0 aromatic heterocycles. The average molecular weight is 340 g/mol. The maximum atomic E-state index is 13.9. The van der Waals surface area contributed by atoms with Gasteiger partial charge in [0, 0.05) is 13.5 Å². The van der Waals surface area contributed by atoms with E-state index in [-0.39, 0.29) is 30.0 Å². The Morgan fingerprint density at radius 2 is 2.00 bits per heavy atom. The maximum absolute atomic E-state index is 13.9. The van der Waals surface area contributed by atoms with Crippen LogP contribution >= 0.6 is 0 Å². The number of carbonyl (C=O) groups is 2. The summed E-state index contributed by atoms with van der Waals surface area (Å²) in [5, 5.41) is 2.64. The molecule has 0 bridgehead atoms. The lowest BCUT2D eigenvalue weighted by Crippen LogP contribution is -2.40. The molecule has 1 atom stereocenters. The van der Waals surface area contributed by atoms with Gasteiger partial charge in [0.15, 0.2) is 0 Å². The van der Waals surface area contributed by atoms with Crippen LogP contribution in [0.25, 0.3) is 0 Å². The minimum absolute atomic E-state index is 0.0611. The third-order valence-electron chi connectivity index (χ3n) is 4.59. The molecule has 0 radical (unpaired) electrons. The highest BCUT2D eigenvalue weighted by atomic mass is 19.1. The zero-order valence-corrected chi connectivity index (χ0v) is 14.4. The number of nitrogens with one attached hydrogen (secondary N) is 1. The summed E-state index contributed by atoms with van der Waals surface area (Å²) < 4.78 is 13.9. The van der Waals surface area contributed by atoms with Crippen molar-refractivity contribution in [3.63, 3.8) is 0 Å². The molecule has 1 aliphatic heterocycles. The molecule has 25 heavy (non-hydrogen) atoms. The van der Waals surface area contributed by atoms with Gasteiger partial charge in [-0.25, -0.2) is 4.39 Å². The molecule has 0 saturated carbocycles. The molecular weight excluding hydrogens is 319 g/mol. The number of aryl methyl sites for hydroxylation is 1. The Bertz CT molecular complexity index is 819. The van der Waals surface area contributed by atoms with Crippen LogP contribution in [0.1, 0.15) is 36.1 Å². The number of fused-ring (bicyclic) bond motifs is 1. The number of carbonyl (C=O) groups excluding carboxylic acids is 2. The number of nitrogens with zero attached hydrogens (tertiary/aromatic N) is 1. The van der Waals surface area contributed by atoms with E-state index in [1.165, 1.54) is 13.0 Å². The lowest BCUT2D eigenvalue weighted by Gasteiger charge is -2.36. The molecule has 130 valence electrons. The molecule has 0 spiro atoms. The van der Waals surface area contributed by atoms with Crippen molar-refractivity contribution >= 4 is 17.5 Å². The van der Waals surface area contributed by atoms with Gasteiger partial charge in [0.05, 0.1) is 18.2 Å². The molecule has 2 aromatic carbocycles. The molecule has 0 fully saturated rings. The molecule has 1 N–H and O–H groups in total. The van der Waals surface area contributed by atoms with Crippen LogP contribution in [0.15, 0.2) is 42.5 Å². The molecule has 1 unspecified atom stereocenters. The fraction of sp³-hybridized carbons (Fsp3) is 0.300. The van der Waals surface area contributed by atoms with E-state index in [9.17, 15) is 14.0 Å². The highest BCUT2D eigenvalue weighted by Gasteiger charge is 2.30. The van der Waals surface area contributed by atoms with Gasteiger partial charge in [-0.2, -0.15) is 0 Å². The van der Waals surface area contributed by atoms with E-state index in [1.807, 2.05) is 31.2 Å². The Labute approximate surface area is 146 Å². The first-order chi connectivity index (χ1) is 12.0. The van der Waals surface area contributed by atoms with Gasteiger partial charge in [0.1, 0.15) is 5.82 Å². The second-order valence-electron chi connectivity index (χ2n) is 6.41. The van der Waals surface area contributed by atoms with Crippen molar-refractivity contribution in [1.82, 2.24) is 4.90 Å². The molecular formula is C20H21FN2O2. The van der Waals surface area contributed by atoms with Crippen LogP contribution < -0.4 is 5.32 Å². The Morgan fingerprint density at radius 1 is 1.24 bits per heavy atom. The predicted octanol–water partition coefficient (Wildman–Crippen LogP) is 3.61. The zero-order valence-electron chi connectivity index (χ0n) is 14.4. The van der Waals surface area contributed by atoms with Crippen LogP contribution in [0.5, 0.6) is 0 Å². The summed E-state index contributed by atoms with van der Waals surface area (Å²) in [6.45, 7) is 3.94. The van der Waals surface area contributed by atoms with Crippen LogP contribution in [-0.4, -0.2) is 23.3 Å². The van der Waals surface area contributed by atoms with Gasteiger partial charge in [0.25, 0.3) is 0 Å². The van der Waals surface area contributed by atoms with E-state index < -0.39 is 5.82 Å². The van der Waals surface area contributed by atoms with Gasteiger partial charge in [-0.15, -0.1) is 0 Å². The second kappa shape index (κ2) is 7.05. The van der Waals surface area contributed by atoms with Crippen molar-refractivity contribution < 1.29 is 14.0 Å². The van der Waals surface area contributed by atoms with Gasteiger partial charge in [0.2, 0.25) is 11.8 Å². The lowest BCUT2D eigenvalue weighted by atomic mass is 9.90. The minimum Gasteiger partial charge on any atom is -0.335 e. The van der Waals surface area contributed by atoms with Crippen LogP contribution in [-0.2, 0) is 16.0 Å². The Kier molecular flexibility index (Phi) is 4.83. The number of benzene rings is 2. The summed E-state index contributed by atoms with van der Waals surface area (Å²) >= 11 is 0. The highest BCUT2D eigenvalue weighted by Crippen LogP contribution is 2.32. The van der Waals surface area contributed by atoms with Gasteiger partial charge >= 0.3 is 0 Å². The highest BCUT2D eigenvalue weighted by molar-refractivity contribution is 5.92. The van der Waals surface area contributed by atoms with Crippen molar-refractivity contribution in [2.24, 2.45) is 0 Å². The Morgan fingerprint density at radius 3 is 2.76 bits per heavy atom. The first-order valence-electron chi connectivity index (χ1n) is 8.36. The summed E-state index contributed by atoms with van der Waals surface area (Å²) in [4.78, 5) is 26.2. The zero-order chi connectivity index (χ0) is 18.0. The number of hydrogen-bond donors (Lipinski definition) is 1. The number of anilines is 1. The molecule has 5 heteroatoms. The number of halogens is 1. The number of amides is 2. The summed E-state index contributed by atoms with van der Waals surface area (Å²) in [6.07, 6.45) is 0.879. The fourth-order valence-electron chi connectivity index (χ4n) is 3.36. The monoisotopic (exact) mass is 340 g/mol. The van der Waals surface area contributed by atoms with Crippen molar-refractivity contribution in [3.05, 3.63) is 65.0 Å². The summed E-state index contributed by atoms with van der Waals surface area (Å²) in [5.74, 6) is -0.835. The molecule has 2 aromatic rings. The molecule has 0 aliphatic carbocycles. The van der Waals surface area contributed by atoms with Crippen LogP contribution in [0.3, 0.4) is 0 Å². The van der Waals surface area contributed by atoms with Gasteiger partial charge in [-0.3, -0.25) is 9.59 Å². The minimum atomic E-state index is -0.466. The van der Waals surface area contributed by atoms with E-state index in [0.29, 0.717) is 6.54 Å². The standard InChI is InChI=1S/C20H21FN2O2/c1-13-7-8-17(21)18(11-13)22-20(25)12-19-16-6-4-3-5-15(16)9-10-23(19)14(2)24/h3-8,11,19H,9-10,12H2,1-2H3,(H,22,25). The van der Waals surface area contributed by atoms with Crippen molar-refractivity contribution in [3.8, 4) is 0 Å². The molecule has 0 saturated heterocycles. The van der Waals surface area contributed by atoms with Crippen molar-refractivity contribution in [2.45, 2.75) is 32.7 Å². The summed E-state index contributed by atoms with van der Waals surface area (Å²) in [7, 11) is 0. The van der Waals surface area contributed by atoms with E-state index in [4.69, 9.17) is 0 Å². The molecule has 4 nitrogen and oxygen atoms in total. The normalized spacial score (nSPS) is 16.3. The molecule has 2 amide bonds. The van der Waals surface area contributed by atoms with E-state index in [0.717, 1.165) is 23.1 Å². The molecule has 1 aliphatic rings. The van der Waals surface area contributed by atoms with E-state index in [2.05, 4.69) is 5.32 Å². The third kappa shape index (κ3) is 3.71. The quantitative estimate of drug-likeness (QED) is 0.928. The summed E-state index contributed by atoms with van der Waals surface area (Å²) in [5.41, 5.74) is 3.18. The third-order valence-corrected chi connectivity index (χ3v) is 4.59. The maximum Gasteiger partial charge on any atom is 0.226 e. The van der Waals surface area contributed by atoms with E-state index in [1.54, 1.807) is 17.0 Å². The smallest absolute Gasteiger partial charge is 0.226 e. The molecule has 3 rings (SSSR count). The first kappa shape index (κ1) is 17.1. The fourth-order valence-corrected chi connectivity index (χ4v) is 3.36.